The summed E-state index contributed by atoms with van der Waals surface area (Å²) in [5.41, 5.74) is 0.273. The van der Waals surface area contributed by atoms with Crippen molar-refractivity contribution in [2.75, 3.05) is 0 Å². The molecule has 0 saturated carbocycles. The fourth-order valence-electron chi connectivity index (χ4n) is 1.56. The van der Waals surface area contributed by atoms with Crippen molar-refractivity contribution in [3.63, 3.8) is 0 Å². The lowest BCUT2D eigenvalue weighted by Crippen LogP contribution is -2.02. The molecule has 0 radical (unpaired) electrons. The van der Waals surface area contributed by atoms with E-state index >= 15 is 0 Å². The van der Waals surface area contributed by atoms with Crippen LogP contribution in [0.5, 0.6) is 5.75 Å². The third-order valence-electron chi connectivity index (χ3n) is 2.58. The molecule has 104 valence electrons. The molecule has 3 nitrogen and oxygen atoms in total. The molecule has 0 spiro atoms. The summed E-state index contributed by atoms with van der Waals surface area (Å²) in [6.07, 6.45) is 0. The first-order valence-electron chi connectivity index (χ1n) is 5.57. The number of ether oxygens (including phenoxy) is 1. The first-order valence-corrected chi connectivity index (χ1v) is 6.36. The van der Waals surface area contributed by atoms with Gasteiger partial charge in [0.25, 0.3) is 0 Å². The lowest BCUT2D eigenvalue weighted by molar-refractivity contribution is 0.0692. The van der Waals surface area contributed by atoms with E-state index < -0.39 is 17.3 Å². The Kier molecular flexibility index (Phi) is 4.34. The van der Waals surface area contributed by atoms with Crippen molar-refractivity contribution >= 4 is 21.9 Å². The Bertz CT molecular complexity index is 659. The molecule has 0 atom stereocenters. The summed E-state index contributed by atoms with van der Waals surface area (Å²) in [6.45, 7) is 0.104. The highest BCUT2D eigenvalue weighted by Gasteiger charge is 2.11. The summed E-state index contributed by atoms with van der Waals surface area (Å²) >= 11 is 3.19. The van der Waals surface area contributed by atoms with Crippen LogP contribution in [0.2, 0.25) is 0 Å². The van der Waals surface area contributed by atoms with Gasteiger partial charge in [-0.2, -0.15) is 0 Å². The number of carboxylic acid groups (broad SMARTS) is 1. The van der Waals surface area contributed by atoms with Crippen molar-refractivity contribution in [2.45, 2.75) is 6.61 Å². The van der Waals surface area contributed by atoms with Crippen LogP contribution in [0.3, 0.4) is 0 Å². The zero-order chi connectivity index (χ0) is 14.7. The minimum Gasteiger partial charge on any atom is -0.489 e. The summed E-state index contributed by atoms with van der Waals surface area (Å²) in [5, 5.41) is 8.70. The molecule has 0 bridgehead atoms. The molecule has 2 rings (SSSR count). The van der Waals surface area contributed by atoms with Gasteiger partial charge in [0.05, 0.1) is 5.56 Å². The van der Waals surface area contributed by atoms with E-state index in [1.54, 1.807) is 6.07 Å². The van der Waals surface area contributed by atoms with Crippen LogP contribution in [0, 0.1) is 11.6 Å². The summed E-state index contributed by atoms with van der Waals surface area (Å²) in [6, 6.07) is 7.63. The van der Waals surface area contributed by atoms with Crippen LogP contribution in [-0.4, -0.2) is 11.1 Å². The number of halogens is 3. The van der Waals surface area contributed by atoms with Crippen LogP contribution in [0.1, 0.15) is 15.9 Å². The molecule has 0 aliphatic carbocycles. The molecule has 6 heteroatoms. The second-order valence-corrected chi connectivity index (χ2v) is 4.83. The number of benzene rings is 2. The molecule has 0 unspecified atom stereocenters. The number of hydrogen-bond acceptors (Lipinski definition) is 2. The summed E-state index contributed by atoms with van der Waals surface area (Å²) in [7, 11) is 0. The highest BCUT2D eigenvalue weighted by Crippen LogP contribution is 2.22. The summed E-state index contributed by atoms with van der Waals surface area (Å²) in [5.74, 6) is -2.38. The smallest absolute Gasteiger partial charge is 0.338 e. The Morgan fingerprint density at radius 3 is 2.55 bits per heavy atom. The van der Waals surface area contributed by atoms with Crippen molar-refractivity contribution in [1.29, 1.82) is 0 Å². The highest BCUT2D eigenvalue weighted by molar-refractivity contribution is 9.10. The van der Waals surface area contributed by atoms with Crippen LogP contribution in [0.25, 0.3) is 0 Å². The molecular formula is C14H9BrF2O3. The van der Waals surface area contributed by atoms with Crippen LogP contribution in [0.15, 0.2) is 40.9 Å². The maximum Gasteiger partial charge on any atom is 0.338 e. The van der Waals surface area contributed by atoms with Gasteiger partial charge in [-0.1, -0.05) is 22.0 Å². The van der Waals surface area contributed by atoms with Gasteiger partial charge in [-0.25, -0.2) is 13.6 Å². The molecule has 1 N–H and O–H groups in total. The lowest BCUT2D eigenvalue weighted by atomic mass is 10.2. The number of carbonyl (C=O) groups is 1. The first-order chi connectivity index (χ1) is 9.47. The van der Waals surface area contributed by atoms with Crippen molar-refractivity contribution < 1.29 is 23.4 Å². The van der Waals surface area contributed by atoms with Crippen LogP contribution in [-0.2, 0) is 6.61 Å². The third-order valence-corrected chi connectivity index (χ3v) is 3.32. The second kappa shape index (κ2) is 6.00. The quantitative estimate of drug-likeness (QED) is 0.913. The van der Waals surface area contributed by atoms with Crippen molar-refractivity contribution in [2.24, 2.45) is 0 Å². The summed E-state index contributed by atoms with van der Waals surface area (Å²) < 4.78 is 32.2. The standard InChI is InChI=1S/C14H9BrF2O3/c15-12-5-9(16)2-1-8(12)7-20-10-3-4-11(14(18)19)13(17)6-10/h1-6H,7H2,(H,18,19). The van der Waals surface area contributed by atoms with Gasteiger partial charge >= 0.3 is 5.97 Å². The Morgan fingerprint density at radius 2 is 1.95 bits per heavy atom. The van der Waals surface area contributed by atoms with Gasteiger partial charge in [-0.15, -0.1) is 0 Å². The average molecular weight is 343 g/mol. The molecule has 2 aromatic carbocycles. The minimum absolute atomic E-state index is 0.104. The monoisotopic (exact) mass is 342 g/mol. The molecule has 0 fully saturated rings. The van der Waals surface area contributed by atoms with Crippen LogP contribution >= 0.6 is 15.9 Å². The summed E-state index contributed by atoms with van der Waals surface area (Å²) in [4.78, 5) is 10.7. The van der Waals surface area contributed by atoms with E-state index in [4.69, 9.17) is 9.84 Å². The van der Waals surface area contributed by atoms with Gasteiger partial charge < -0.3 is 9.84 Å². The van der Waals surface area contributed by atoms with E-state index in [0.29, 0.717) is 10.0 Å². The Labute approximate surface area is 121 Å². The molecule has 2 aromatic rings. The molecule has 0 aromatic heterocycles. The number of hydrogen-bond donors (Lipinski definition) is 1. The molecule has 0 aliphatic heterocycles. The van der Waals surface area contributed by atoms with Gasteiger partial charge in [0, 0.05) is 16.1 Å². The van der Waals surface area contributed by atoms with Crippen molar-refractivity contribution in [3.8, 4) is 5.75 Å². The molecule has 20 heavy (non-hydrogen) atoms. The average Bonchev–Trinajstić information content (AvgIpc) is 2.37. The Morgan fingerprint density at radius 1 is 1.20 bits per heavy atom. The van der Waals surface area contributed by atoms with E-state index in [-0.39, 0.29) is 18.2 Å². The van der Waals surface area contributed by atoms with Gasteiger partial charge in [0.1, 0.15) is 24.0 Å². The SMILES string of the molecule is O=C(O)c1ccc(OCc2ccc(F)cc2Br)cc1F. The lowest BCUT2D eigenvalue weighted by Gasteiger charge is -2.08. The van der Waals surface area contributed by atoms with E-state index in [0.717, 1.165) is 12.1 Å². The van der Waals surface area contributed by atoms with E-state index in [1.165, 1.54) is 18.2 Å². The first kappa shape index (κ1) is 14.5. The van der Waals surface area contributed by atoms with E-state index in [9.17, 15) is 13.6 Å². The third kappa shape index (κ3) is 3.33. The minimum atomic E-state index is -1.34. The van der Waals surface area contributed by atoms with E-state index in [2.05, 4.69) is 15.9 Å². The molecular weight excluding hydrogens is 334 g/mol. The fourth-order valence-corrected chi connectivity index (χ4v) is 2.02. The van der Waals surface area contributed by atoms with Crippen molar-refractivity contribution in [3.05, 3.63) is 63.6 Å². The van der Waals surface area contributed by atoms with Crippen molar-refractivity contribution in [1.82, 2.24) is 0 Å². The zero-order valence-corrected chi connectivity index (χ0v) is 11.7. The Balaban J connectivity index is 2.11. The molecule has 0 saturated heterocycles. The van der Waals surface area contributed by atoms with Crippen LogP contribution in [0.4, 0.5) is 8.78 Å². The van der Waals surface area contributed by atoms with Gasteiger partial charge in [-0.05, 0) is 24.3 Å². The van der Waals surface area contributed by atoms with Crippen LogP contribution < -0.4 is 4.74 Å². The van der Waals surface area contributed by atoms with Gasteiger partial charge in [0.15, 0.2) is 0 Å². The fraction of sp³-hybridized carbons (Fsp3) is 0.0714. The zero-order valence-electron chi connectivity index (χ0n) is 10.1. The second-order valence-electron chi connectivity index (χ2n) is 3.97. The molecule has 0 aliphatic rings. The number of carboxylic acids is 1. The largest absolute Gasteiger partial charge is 0.489 e. The predicted molar refractivity (Wildman–Crippen MR) is 71.8 cm³/mol. The maximum atomic E-state index is 13.4. The van der Waals surface area contributed by atoms with Gasteiger partial charge in [0.2, 0.25) is 0 Å². The molecule has 0 amide bonds. The van der Waals surface area contributed by atoms with E-state index in [1.807, 2.05) is 0 Å². The number of aromatic carboxylic acids is 1. The molecule has 0 heterocycles. The Hall–Kier alpha value is -1.95. The maximum absolute atomic E-state index is 13.4. The highest BCUT2D eigenvalue weighted by atomic mass is 79.9. The normalized spacial score (nSPS) is 10.3. The van der Waals surface area contributed by atoms with Gasteiger partial charge in [-0.3, -0.25) is 0 Å². The number of rotatable bonds is 4. The predicted octanol–water partition coefficient (Wildman–Crippen LogP) is 4.00. The topological polar surface area (TPSA) is 46.5 Å².